The minimum Gasteiger partial charge on any atom is -0.457 e. The van der Waals surface area contributed by atoms with Gasteiger partial charge >= 0.3 is 0 Å². The van der Waals surface area contributed by atoms with Gasteiger partial charge in [-0.15, -0.1) is 0 Å². The van der Waals surface area contributed by atoms with Crippen LogP contribution in [0.5, 0.6) is 0 Å². The summed E-state index contributed by atoms with van der Waals surface area (Å²) in [5, 5.41) is 11.6. The predicted octanol–water partition coefficient (Wildman–Crippen LogP) is 5.23. The van der Waals surface area contributed by atoms with Gasteiger partial charge < -0.3 is 9.52 Å². The lowest BCUT2D eigenvalue weighted by Crippen LogP contribution is -1.98. The molecule has 0 aliphatic rings. The number of hydrogen-bond acceptors (Lipinski definition) is 2. The van der Waals surface area contributed by atoms with E-state index < -0.39 is 6.10 Å². The van der Waals surface area contributed by atoms with Crippen molar-refractivity contribution in [2.24, 2.45) is 0 Å². The Morgan fingerprint density at radius 1 is 1.14 bits per heavy atom. The Hall–Kier alpha value is -1.58. The highest BCUT2D eigenvalue weighted by atomic mass is 79.9. The number of hydrogen-bond donors (Lipinski definition) is 1. The lowest BCUT2D eigenvalue weighted by Gasteiger charge is -2.09. The molecule has 21 heavy (non-hydrogen) atoms. The van der Waals surface area contributed by atoms with Crippen LogP contribution in [-0.4, -0.2) is 5.11 Å². The van der Waals surface area contributed by atoms with Crippen LogP contribution in [0.3, 0.4) is 0 Å². The van der Waals surface area contributed by atoms with Crippen LogP contribution < -0.4 is 0 Å². The molecule has 0 bridgehead atoms. The molecule has 3 aromatic rings. The molecule has 0 spiro atoms. The van der Waals surface area contributed by atoms with E-state index in [1.165, 1.54) is 5.56 Å². The number of halogens is 1. The molecule has 3 heteroatoms. The quantitative estimate of drug-likeness (QED) is 0.702. The molecule has 0 aliphatic carbocycles. The highest BCUT2D eigenvalue weighted by Crippen LogP contribution is 2.32. The van der Waals surface area contributed by atoms with E-state index in [4.69, 9.17) is 4.42 Å². The van der Waals surface area contributed by atoms with Crippen molar-refractivity contribution in [1.29, 1.82) is 0 Å². The summed E-state index contributed by atoms with van der Waals surface area (Å²) in [6, 6.07) is 15.8. The SMILES string of the molecule is CCCc1cccc(C(O)c2cc3cccc(Br)c3o2)c1. The molecule has 1 aromatic heterocycles. The van der Waals surface area contributed by atoms with Crippen molar-refractivity contribution in [3.8, 4) is 0 Å². The zero-order valence-electron chi connectivity index (χ0n) is 11.8. The van der Waals surface area contributed by atoms with Crippen LogP contribution in [0.2, 0.25) is 0 Å². The fourth-order valence-electron chi connectivity index (χ4n) is 2.55. The van der Waals surface area contributed by atoms with Gasteiger partial charge in [-0.2, -0.15) is 0 Å². The van der Waals surface area contributed by atoms with Crippen molar-refractivity contribution in [3.05, 3.63) is 69.9 Å². The molecule has 1 unspecified atom stereocenters. The molecule has 2 aromatic carbocycles. The van der Waals surface area contributed by atoms with Crippen molar-refractivity contribution in [3.63, 3.8) is 0 Å². The molecule has 1 N–H and O–H groups in total. The molecule has 1 atom stereocenters. The molecule has 0 radical (unpaired) electrons. The van der Waals surface area contributed by atoms with Crippen LogP contribution in [0.15, 0.2) is 57.4 Å². The molecular formula is C18H17BrO2. The van der Waals surface area contributed by atoms with Crippen molar-refractivity contribution < 1.29 is 9.52 Å². The second-order valence-corrected chi connectivity index (χ2v) is 6.06. The van der Waals surface area contributed by atoms with Crippen LogP contribution in [-0.2, 0) is 6.42 Å². The third-order valence-electron chi connectivity index (χ3n) is 3.59. The van der Waals surface area contributed by atoms with E-state index in [1.54, 1.807) is 0 Å². The van der Waals surface area contributed by atoms with Crippen LogP contribution in [0.4, 0.5) is 0 Å². The molecule has 108 valence electrons. The van der Waals surface area contributed by atoms with E-state index in [1.807, 2.05) is 36.4 Å². The largest absolute Gasteiger partial charge is 0.457 e. The first-order valence-electron chi connectivity index (χ1n) is 7.14. The number of fused-ring (bicyclic) bond motifs is 1. The first-order valence-corrected chi connectivity index (χ1v) is 7.93. The Morgan fingerprint density at radius 3 is 2.71 bits per heavy atom. The van der Waals surface area contributed by atoms with E-state index in [2.05, 4.69) is 35.0 Å². The monoisotopic (exact) mass is 344 g/mol. The predicted molar refractivity (Wildman–Crippen MR) is 88.4 cm³/mol. The van der Waals surface area contributed by atoms with Crippen molar-refractivity contribution in [1.82, 2.24) is 0 Å². The standard InChI is InChI=1S/C18H17BrO2/c1-2-5-12-6-3-7-13(10-12)17(20)16-11-14-8-4-9-15(19)18(14)21-16/h3-4,6-11,17,20H,2,5H2,1H3. The Balaban J connectivity index is 1.98. The summed E-state index contributed by atoms with van der Waals surface area (Å²) in [5.74, 6) is 0.575. The molecule has 0 fully saturated rings. The number of aliphatic hydroxyl groups is 1. The third kappa shape index (κ3) is 2.89. The van der Waals surface area contributed by atoms with E-state index in [9.17, 15) is 5.11 Å². The molecule has 1 heterocycles. The third-order valence-corrected chi connectivity index (χ3v) is 4.21. The molecule has 2 nitrogen and oxygen atoms in total. The lowest BCUT2D eigenvalue weighted by molar-refractivity contribution is 0.192. The number of rotatable bonds is 4. The Morgan fingerprint density at radius 2 is 1.95 bits per heavy atom. The van der Waals surface area contributed by atoms with Gasteiger partial charge in [-0.05, 0) is 45.6 Å². The molecule has 3 rings (SSSR count). The van der Waals surface area contributed by atoms with Gasteiger partial charge in [0, 0.05) is 5.39 Å². The second kappa shape index (κ2) is 6.04. The first-order chi connectivity index (χ1) is 10.2. The number of aliphatic hydroxyl groups excluding tert-OH is 1. The maximum absolute atomic E-state index is 10.6. The summed E-state index contributed by atoms with van der Waals surface area (Å²) in [6.07, 6.45) is 1.38. The van der Waals surface area contributed by atoms with Crippen LogP contribution in [0.25, 0.3) is 11.0 Å². The van der Waals surface area contributed by atoms with Gasteiger partial charge in [0.25, 0.3) is 0 Å². The maximum Gasteiger partial charge on any atom is 0.148 e. The van der Waals surface area contributed by atoms with Crippen molar-refractivity contribution >= 4 is 26.9 Å². The number of aryl methyl sites for hydroxylation is 1. The smallest absolute Gasteiger partial charge is 0.148 e. The van der Waals surface area contributed by atoms with Gasteiger partial charge in [0.2, 0.25) is 0 Å². The normalized spacial score (nSPS) is 12.7. The summed E-state index contributed by atoms with van der Waals surface area (Å²) in [6.45, 7) is 2.15. The Bertz CT molecular complexity index is 761. The average molecular weight is 345 g/mol. The first kappa shape index (κ1) is 14.4. The van der Waals surface area contributed by atoms with E-state index >= 15 is 0 Å². The molecular weight excluding hydrogens is 328 g/mol. The molecule has 0 aliphatic heterocycles. The zero-order valence-corrected chi connectivity index (χ0v) is 13.4. The summed E-state index contributed by atoms with van der Waals surface area (Å²) in [4.78, 5) is 0. The number of benzene rings is 2. The van der Waals surface area contributed by atoms with Crippen LogP contribution in [0, 0.1) is 0 Å². The van der Waals surface area contributed by atoms with Gasteiger partial charge in [0.05, 0.1) is 4.47 Å². The molecule has 0 amide bonds. The fraction of sp³-hybridized carbons (Fsp3) is 0.222. The minimum atomic E-state index is -0.735. The lowest BCUT2D eigenvalue weighted by atomic mass is 10.0. The fourth-order valence-corrected chi connectivity index (χ4v) is 3.02. The topological polar surface area (TPSA) is 33.4 Å². The van der Waals surface area contributed by atoms with Crippen LogP contribution >= 0.6 is 15.9 Å². The summed E-state index contributed by atoms with van der Waals surface area (Å²) in [7, 11) is 0. The Labute approximate surface area is 132 Å². The van der Waals surface area contributed by atoms with E-state index in [-0.39, 0.29) is 0 Å². The second-order valence-electron chi connectivity index (χ2n) is 5.20. The van der Waals surface area contributed by atoms with Gasteiger partial charge in [-0.3, -0.25) is 0 Å². The van der Waals surface area contributed by atoms with Crippen molar-refractivity contribution in [2.75, 3.05) is 0 Å². The minimum absolute atomic E-state index is 0.575. The van der Waals surface area contributed by atoms with Gasteiger partial charge in [0.15, 0.2) is 0 Å². The average Bonchev–Trinajstić information content (AvgIpc) is 2.93. The summed E-state index contributed by atoms with van der Waals surface area (Å²) in [5.41, 5.74) is 2.89. The van der Waals surface area contributed by atoms with Gasteiger partial charge in [0.1, 0.15) is 17.4 Å². The van der Waals surface area contributed by atoms with Gasteiger partial charge in [-0.25, -0.2) is 0 Å². The van der Waals surface area contributed by atoms with E-state index in [0.29, 0.717) is 5.76 Å². The van der Waals surface area contributed by atoms with Crippen LogP contribution in [0.1, 0.15) is 36.3 Å². The number of para-hydroxylation sites is 1. The summed E-state index contributed by atoms with van der Waals surface area (Å²) < 4.78 is 6.72. The molecule has 0 saturated carbocycles. The van der Waals surface area contributed by atoms with Gasteiger partial charge in [-0.1, -0.05) is 49.7 Å². The Kier molecular flexibility index (Phi) is 4.13. The zero-order chi connectivity index (χ0) is 14.8. The maximum atomic E-state index is 10.6. The van der Waals surface area contributed by atoms with E-state index in [0.717, 1.165) is 33.8 Å². The highest BCUT2D eigenvalue weighted by molar-refractivity contribution is 9.10. The number of furan rings is 1. The van der Waals surface area contributed by atoms with Crippen molar-refractivity contribution in [2.45, 2.75) is 25.9 Å². The highest BCUT2D eigenvalue weighted by Gasteiger charge is 2.16. The molecule has 0 saturated heterocycles. The summed E-state index contributed by atoms with van der Waals surface area (Å²) >= 11 is 3.47.